The van der Waals surface area contributed by atoms with Crippen LogP contribution in [0.3, 0.4) is 0 Å². The van der Waals surface area contributed by atoms with Gasteiger partial charge in [-0.25, -0.2) is 23.3 Å². The summed E-state index contributed by atoms with van der Waals surface area (Å²) in [5.74, 6) is -0.113. The highest BCUT2D eigenvalue weighted by Gasteiger charge is 2.44. The minimum absolute atomic E-state index is 0.0878. The normalized spacial score (nSPS) is 20.9. The lowest BCUT2D eigenvalue weighted by molar-refractivity contribution is -0.125. The minimum Gasteiger partial charge on any atom is -0.508 e. The molecule has 7 rings (SSSR count). The number of sulfonamides is 1. The monoisotopic (exact) mass is 802 g/mol. The average molecular weight is 803 g/mol. The number of anilines is 3. The summed E-state index contributed by atoms with van der Waals surface area (Å²) in [6.07, 6.45) is -0.520. The lowest BCUT2D eigenvalue weighted by atomic mass is 9.91. The Balaban J connectivity index is 1.17. The third-order valence-electron chi connectivity index (χ3n) is 10.2. The molecule has 0 bridgehead atoms. The van der Waals surface area contributed by atoms with Gasteiger partial charge in [-0.05, 0) is 72.5 Å². The van der Waals surface area contributed by atoms with E-state index in [1.165, 1.54) is 30.6 Å². The number of fused-ring (bicyclic) bond motifs is 1. The first kappa shape index (κ1) is 39.2. The Hall–Kier alpha value is -6.06. The topological polar surface area (TPSA) is 290 Å². The number of rotatable bonds is 12. The Morgan fingerprint density at radius 1 is 0.895 bits per heavy atom. The number of benzene rings is 3. The summed E-state index contributed by atoms with van der Waals surface area (Å²) >= 11 is 0. The maximum Gasteiger partial charge on any atom is 0.319 e. The first-order chi connectivity index (χ1) is 27.3. The van der Waals surface area contributed by atoms with E-state index in [0.717, 1.165) is 11.1 Å². The quantitative estimate of drug-likeness (QED) is 0.0830. The zero-order chi connectivity index (χ0) is 40.4. The molecule has 11 N–H and O–H groups in total. The second kappa shape index (κ2) is 16.2. The lowest BCUT2D eigenvalue weighted by Gasteiger charge is -2.22. The summed E-state index contributed by atoms with van der Waals surface area (Å²) in [6, 6.07) is 16.6. The number of hydrogen-bond acceptors (Lipinski definition) is 14. The second-order valence-electron chi connectivity index (χ2n) is 14.0. The highest BCUT2D eigenvalue weighted by Crippen LogP contribution is 2.36. The Kier molecular flexibility index (Phi) is 11.1. The zero-order valence-corrected chi connectivity index (χ0v) is 31.1. The number of nitrogens with one attached hydrogen (secondary N) is 4. The molecular formula is C37H42N10O9S. The van der Waals surface area contributed by atoms with E-state index in [9.17, 15) is 43.5 Å². The molecule has 19 nitrogen and oxygen atoms in total. The molecule has 5 aromatic rings. The highest BCUT2D eigenvalue weighted by molar-refractivity contribution is 7.89. The summed E-state index contributed by atoms with van der Waals surface area (Å²) in [6.45, 7) is 0.286. The van der Waals surface area contributed by atoms with Gasteiger partial charge in [0.2, 0.25) is 21.9 Å². The average Bonchev–Trinajstić information content (AvgIpc) is 3.90. The van der Waals surface area contributed by atoms with Crippen molar-refractivity contribution in [2.75, 3.05) is 41.8 Å². The summed E-state index contributed by atoms with van der Waals surface area (Å²) in [5, 5.41) is 67.9. The molecule has 1 aliphatic heterocycles. The van der Waals surface area contributed by atoms with Crippen LogP contribution < -0.4 is 31.3 Å². The molecule has 3 amide bonds. The van der Waals surface area contributed by atoms with Crippen LogP contribution in [0.15, 0.2) is 84.0 Å². The Morgan fingerprint density at radius 2 is 1.54 bits per heavy atom. The fourth-order valence-electron chi connectivity index (χ4n) is 7.27. The van der Waals surface area contributed by atoms with Crippen LogP contribution in [0.4, 0.5) is 22.2 Å². The molecule has 20 heteroatoms. The Morgan fingerprint density at radius 3 is 2.16 bits per heavy atom. The highest BCUT2D eigenvalue weighted by atomic mass is 32.2. The van der Waals surface area contributed by atoms with E-state index >= 15 is 0 Å². The van der Waals surface area contributed by atoms with Gasteiger partial charge in [0.1, 0.15) is 30.3 Å². The van der Waals surface area contributed by atoms with E-state index < -0.39 is 52.9 Å². The van der Waals surface area contributed by atoms with Gasteiger partial charge < -0.3 is 56.3 Å². The van der Waals surface area contributed by atoms with Crippen molar-refractivity contribution in [3.8, 4) is 11.5 Å². The second-order valence-corrected chi connectivity index (χ2v) is 15.6. The number of hydrogen-bond donors (Lipinski definition) is 10. The summed E-state index contributed by atoms with van der Waals surface area (Å²) in [7, 11) is -3.89. The first-order valence-electron chi connectivity index (χ1n) is 18.1. The third-order valence-corrected chi connectivity index (χ3v) is 11.1. The molecule has 57 heavy (non-hydrogen) atoms. The van der Waals surface area contributed by atoms with Crippen molar-refractivity contribution in [3.63, 3.8) is 0 Å². The van der Waals surface area contributed by atoms with Crippen LogP contribution in [0.5, 0.6) is 11.5 Å². The van der Waals surface area contributed by atoms with Gasteiger partial charge in [0, 0.05) is 37.3 Å². The van der Waals surface area contributed by atoms with Gasteiger partial charge in [-0.2, -0.15) is 9.97 Å². The number of phenolic OH excluding ortho intramolecular Hbond substituents is 2. The number of carbonyl (C=O) groups is 2. The number of carbonyl (C=O) groups excluding carboxylic acids is 2. The predicted octanol–water partition coefficient (Wildman–Crippen LogP) is 0.673. The van der Waals surface area contributed by atoms with Gasteiger partial charge in [0.05, 0.1) is 23.3 Å². The molecule has 3 heterocycles. The fraction of sp³-hybridized carbons (Fsp3) is 0.324. The van der Waals surface area contributed by atoms with Gasteiger partial charge in [-0.1, -0.05) is 24.3 Å². The molecule has 2 fully saturated rings. The molecule has 0 unspecified atom stereocenters. The van der Waals surface area contributed by atoms with E-state index in [4.69, 9.17) is 15.1 Å². The van der Waals surface area contributed by atoms with Crippen LogP contribution in [-0.4, -0.2) is 116 Å². The zero-order valence-electron chi connectivity index (χ0n) is 30.3. The van der Waals surface area contributed by atoms with Crippen LogP contribution in [0, 0.1) is 0 Å². The van der Waals surface area contributed by atoms with Gasteiger partial charge >= 0.3 is 6.03 Å². The van der Waals surface area contributed by atoms with Crippen molar-refractivity contribution in [2.45, 2.75) is 54.0 Å². The molecule has 2 aliphatic rings. The Labute approximate surface area is 326 Å². The molecule has 300 valence electrons. The number of aliphatic hydroxyl groups excluding tert-OH is 3. The number of phenols is 2. The van der Waals surface area contributed by atoms with Crippen LogP contribution in [0.1, 0.15) is 35.9 Å². The van der Waals surface area contributed by atoms with Crippen molar-refractivity contribution in [3.05, 3.63) is 90.3 Å². The largest absolute Gasteiger partial charge is 0.508 e. The third kappa shape index (κ3) is 8.69. The number of aromatic nitrogens is 4. The summed E-state index contributed by atoms with van der Waals surface area (Å²) in [4.78, 5) is 41.1. The van der Waals surface area contributed by atoms with Crippen LogP contribution in [0.25, 0.3) is 11.2 Å². The number of nitrogens with zero attached hydrogens (tertiary/aromatic N) is 5. The maximum absolute atomic E-state index is 12.9. The molecule has 3 aromatic carbocycles. The van der Waals surface area contributed by atoms with E-state index in [1.807, 2.05) is 4.90 Å². The van der Waals surface area contributed by atoms with Gasteiger partial charge in [0.25, 0.3) is 0 Å². The first-order valence-corrected chi connectivity index (χ1v) is 19.6. The molecule has 2 aromatic heterocycles. The fourth-order valence-corrected chi connectivity index (χ4v) is 7.79. The van der Waals surface area contributed by atoms with Crippen molar-refractivity contribution in [1.29, 1.82) is 0 Å². The van der Waals surface area contributed by atoms with Crippen molar-refractivity contribution in [2.24, 2.45) is 5.14 Å². The SMILES string of the molecule is NS(=O)(=O)c1ccc(NC(=O)N[C@@H]2CCN(c3nc(NCC(c4ccc(O)cc4)c4ccc(O)cc4)c4ncn([C@@H]5C[C@H](NC(=O)CO)[C@@H](O)[C@H]5O)c4n3)C2)cc1. The van der Waals surface area contributed by atoms with Gasteiger partial charge in [-0.3, -0.25) is 4.79 Å². The standard InChI is InChI=1S/C37H42N10O9S/c38-57(55,56)26-11-5-22(6-12-26)41-37(54)42-23-13-14-46(17-23)36-44-34(39-16-27(20-1-7-24(49)8-2-20)21-3-9-25(50)10-4-21)31-35(45-36)47(19-40-31)29-15-28(32(52)33(29)53)43-30(51)18-48/h1-12,19,23,27-29,32-33,48-50,52-53H,13-18H2,(H,43,51)(H2,38,55,56)(H,39,44,45)(H2,41,42,54)/t23-,28+,29-,32-,33+/m1/s1. The van der Waals surface area contributed by atoms with Crippen molar-refractivity contribution < 1.29 is 43.5 Å². The molecule has 1 saturated heterocycles. The molecule has 1 saturated carbocycles. The lowest BCUT2D eigenvalue weighted by Crippen LogP contribution is -2.44. The van der Waals surface area contributed by atoms with Gasteiger partial charge in [-0.15, -0.1) is 0 Å². The van der Waals surface area contributed by atoms with Crippen LogP contribution in [-0.2, 0) is 14.8 Å². The molecule has 0 spiro atoms. The number of amides is 3. The summed E-state index contributed by atoms with van der Waals surface area (Å²) in [5.41, 5.74) is 2.79. The van der Waals surface area contributed by atoms with Gasteiger partial charge in [0.15, 0.2) is 17.0 Å². The molecular weight excluding hydrogens is 761 g/mol. The van der Waals surface area contributed by atoms with E-state index in [2.05, 4.69) is 26.3 Å². The number of imidazole rings is 1. The number of nitrogens with two attached hydrogens (primary N) is 1. The number of aromatic hydroxyl groups is 2. The smallest absolute Gasteiger partial charge is 0.319 e. The molecule has 1 aliphatic carbocycles. The van der Waals surface area contributed by atoms with Crippen molar-refractivity contribution >= 4 is 50.6 Å². The van der Waals surface area contributed by atoms with Crippen molar-refractivity contribution in [1.82, 2.24) is 30.2 Å². The van der Waals surface area contributed by atoms with E-state index in [-0.39, 0.29) is 41.3 Å². The Bertz CT molecular complexity index is 2300. The number of urea groups is 1. The summed E-state index contributed by atoms with van der Waals surface area (Å²) < 4.78 is 24.8. The predicted molar refractivity (Wildman–Crippen MR) is 207 cm³/mol. The van der Waals surface area contributed by atoms with Crippen LogP contribution in [0.2, 0.25) is 0 Å². The molecule has 0 radical (unpaired) electrons. The number of aliphatic hydroxyl groups is 3. The maximum atomic E-state index is 12.9. The van der Waals surface area contributed by atoms with Crippen LogP contribution >= 0.6 is 0 Å². The van der Waals surface area contributed by atoms with E-state index in [1.54, 1.807) is 53.1 Å². The number of primary sulfonamides is 1. The minimum atomic E-state index is -3.89. The molecule has 5 atom stereocenters. The van der Waals surface area contributed by atoms with E-state index in [0.29, 0.717) is 48.1 Å².